The summed E-state index contributed by atoms with van der Waals surface area (Å²) in [6, 6.07) is 7.76. The number of esters is 1. The Morgan fingerprint density at radius 1 is 1.18 bits per heavy atom. The van der Waals surface area contributed by atoms with Crippen LogP contribution >= 0.6 is 0 Å². The van der Waals surface area contributed by atoms with Gasteiger partial charge in [-0.2, -0.15) is 0 Å². The molecule has 1 unspecified atom stereocenters. The molecule has 114 valence electrons. The summed E-state index contributed by atoms with van der Waals surface area (Å²) in [7, 11) is 0. The molecule has 0 fully saturated rings. The maximum Gasteiger partial charge on any atom is 0.329 e. The lowest BCUT2D eigenvalue weighted by molar-refractivity contribution is -0.151. The first-order valence-electron chi connectivity index (χ1n) is 7.14. The van der Waals surface area contributed by atoms with Crippen molar-refractivity contribution in [3.8, 4) is 0 Å². The molecule has 1 aromatic carbocycles. The largest absolute Gasteiger partial charge is 0.430 e. The van der Waals surface area contributed by atoms with Crippen LogP contribution in [0.4, 0.5) is 0 Å². The molecule has 1 aromatic rings. The zero-order chi connectivity index (χ0) is 16.3. The minimum atomic E-state index is -1.38. The number of ether oxygens (including phenoxy) is 1. The highest BCUT2D eigenvalue weighted by Gasteiger charge is 2.36. The van der Waals surface area contributed by atoms with Crippen LogP contribution in [0.15, 0.2) is 42.2 Å². The lowest BCUT2D eigenvalue weighted by Crippen LogP contribution is -2.34. The maximum atomic E-state index is 12.0. The van der Waals surface area contributed by atoms with Crippen molar-refractivity contribution in [2.45, 2.75) is 26.7 Å². The minimum Gasteiger partial charge on any atom is -0.430 e. The smallest absolute Gasteiger partial charge is 0.329 e. The molecule has 1 atom stereocenters. The SMILES string of the molecule is CC1=CC(=O)C(C(=O)/C=C/c2ccc(C(C)C)cc2)C(=O)O1. The van der Waals surface area contributed by atoms with E-state index in [1.807, 2.05) is 24.3 Å². The summed E-state index contributed by atoms with van der Waals surface area (Å²) in [5.74, 6) is -2.63. The summed E-state index contributed by atoms with van der Waals surface area (Å²) in [5, 5.41) is 0. The Kier molecular flexibility index (Phi) is 4.71. The number of hydrogen-bond donors (Lipinski definition) is 0. The minimum absolute atomic E-state index is 0.215. The zero-order valence-electron chi connectivity index (χ0n) is 12.8. The molecule has 2 rings (SSSR count). The summed E-state index contributed by atoms with van der Waals surface area (Å²) < 4.78 is 4.83. The maximum absolute atomic E-state index is 12.0. The Balaban J connectivity index is 2.11. The van der Waals surface area contributed by atoms with Gasteiger partial charge in [-0.1, -0.05) is 44.2 Å². The van der Waals surface area contributed by atoms with E-state index in [0.29, 0.717) is 5.92 Å². The third kappa shape index (κ3) is 3.58. The van der Waals surface area contributed by atoms with Gasteiger partial charge in [-0.3, -0.25) is 14.4 Å². The Morgan fingerprint density at radius 3 is 2.36 bits per heavy atom. The Labute approximate surface area is 129 Å². The van der Waals surface area contributed by atoms with Crippen molar-refractivity contribution in [2.24, 2.45) is 5.92 Å². The molecule has 0 aromatic heterocycles. The van der Waals surface area contributed by atoms with E-state index in [-0.39, 0.29) is 5.76 Å². The Bertz CT molecular complexity index is 663. The molecule has 1 aliphatic heterocycles. The highest BCUT2D eigenvalue weighted by Crippen LogP contribution is 2.18. The van der Waals surface area contributed by atoms with Gasteiger partial charge in [0.2, 0.25) is 0 Å². The molecular formula is C18H18O4. The van der Waals surface area contributed by atoms with Crippen LogP contribution in [-0.2, 0) is 19.1 Å². The molecule has 0 amide bonds. The Morgan fingerprint density at radius 2 is 1.82 bits per heavy atom. The van der Waals surface area contributed by atoms with Crippen molar-refractivity contribution in [3.63, 3.8) is 0 Å². The van der Waals surface area contributed by atoms with Crippen LogP contribution in [0, 0.1) is 5.92 Å². The van der Waals surface area contributed by atoms with Crippen molar-refractivity contribution in [3.05, 3.63) is 53.3 Å². The molecule has 1 heterocycles. The van der Waals surface area contributed by atoms with Crippen LogP contribution in [0.3, 0.4) is 0 Å². The molecule has 0 N–H and O–H groups in total. The van der Waals surface area contributed by atoms with E-state index in [1.165, 1.54) is 24.6 Å². The van der Waals surface area contributed by atoms with Gasteiger partial charge in [0.05, 0.1) is 0 Å². The normalized spacial score (nSPS) is 18.5. The topological polar surface area (TPSA) is 60.4 Å². The number of ketones is 2. The van der Waals surface area contributed by atoms with Gasteiger partial charge in [0.1, 0.15) is 5.76 Å². The van der Waals surface area contributed by atoms with E-state index in [2.05, 4.69) is 13.8 Å². The monoisotopic (exact) mass is 298 g/mol. The van der Waals surface area contributed by atoms with Gasteiger partial charge in [-0.05, 0) is 30.0 Å². The van der Waals surface area contributed by atoms with Gasteiger partial charge in [-0.25, -0.2) is 0 Å². The van der Waals surface area contributed by atoms with Gasteiger partial charge >= 0.3 is 5.97 Å². The van der Waals surface area contributed by atoms with Gasteiger partial charge in [0.25, 0.3) is 0 Å². The van der Waals surface area contributed by atoms with Crippen molar-refractivity contribution >= 4 is 23.6 Å². The summed E-state index contributed by atoms with van der Waals surface area (Å²) in [4.78, 5) is 35.4. The highest BCUT2D eigenvalue weighted by atomic mass is 16.5. The zero-order valence-corrected chi connectivity index (χ0v) is 12.8. The van der Waals surface area contributed by atoms with Crippen LogP contribution in [0.1, 0.15) is 37.8 Å². The van der Waals surface area contributed by atoms with Crippen molar-refractivity contribution < 1.29 is 19.1 Å². The van der Waals surface area contributed by atoms with E-state index in [4.69, 9.17) is 4.74 Å². The van der Waals surface area contributed by atoms with Gasteiger partial charge in [0, 0.05) is 6.08 Å². The Hall–Kier alpha value is -2.49. The molecule has 4 heteroatoms. The molecule has 0 spiro atoms. The molecule has 0 bridgehead atoms. The van der Waals surface area contributed by atoms with E-state index < -0.39 is 23.5 Å². The molecule has 0 saturated heterocycles. The molecule has 22 heavy (non-hydrogen) atoms. The fourth-order valence-electron chi connectivity index (χ4n) is 2.17. The quantitative estimate of drug-likeness (QED) is 0.487. The molecular weight excluding hydrogens is 280 g/mol. The van der Waals surface area contributed by atoms with Crippen LogP contribution < -0.4 is 0 Å². The first-order valence-corrected chi connectivity index (χ1v) is 7.14. The van der Waals surface area contributed by atoms with Gasteiger partial charge < -0.3 is 4.74 Å². The average Bonchev–Trinajstić information content (AvgIpc) is 2.44. The van der Waals surface area contributed by atoms with Crippen LogP contribution in [-0.4, -0.2) is 17.5 Å². The fourth-order valence-corrected chi connectivity index (χ4v) is 2.17. The molecule has 4 nitrogen and oxygen atoms in total. The average molecular weight is 298 g/mol. The number of cyclic esters (lactones) is 1. The lowest BCUT2D eigenvalue weighted by Gasteiger charge is -2.15. The predicted octanol–water partition coefficient (Wildman–Crippen LogP) is 3.04. The van der Waals surface area contributed by atoms with E-state index >= 15 is 0 Å². The van der Waals surface area contributed by atoms with E-state index in [9.17, 15) is 14.4 Å². The second-order valence-corrected chi connectivity index (χ2v) is 5.57. The standard InChI is InChI=1S/C18H18O4/c1-11(2)14-7-4-13(5-8-14)6-9-15(19)17-16(20)10-12(3)22-18(17)21/h4-11,17H,1-3H3/b9-6+. The van der Waals surface area contributed by atoms with Gasteiger partial charge in [-0.15, -0.1) is 0 Å². The first kappa shape index (κ1) is 15.9. The summed E-state index contributed by atoms with van der Waals surface area (Å²) in [6.07, 6.45) is 4.02. The molecule has 0 aliphatic carbocycles. The summed E-state index contributed by atoms with van der Waals surface area (Å²) in [5.41, 5.74) is 2.04. The third-order valence-electron chi connectivity index (χ3n) is 3.46. The first-order chi connectivity index (χ1) is 10.4. The number of hydrogen-bond acceptors (Lipinski definition) is 4. The van der Waals surface area contributed by atoms with Crippen molar-refractivity contribution in [2.75, 3.05) is 0 Å². The van der Waals surface area contributed by atoms with Gasteiger partial charge in [0.15, 0.2) is 17.5 Å². The number of carbonyl (C=O) groups is 3. The van der Waals surface area contributed by atoms with Crippen LogP contribution in [0.2, 0.25) is 0 Å². The molecule has 1 aliphatic rings. The fraction of sp³-hybridized carbons (Fsp3) is 0.278. The second kappa shape index (κ2) is 6.52. The predicted molar refractivity (Wildman–Crippen MR) is 82.9 cm³/mol. The number of carbonyl (C=O) groups excluding carboxylic acids is 3. The number of allylic oxidation sites excluding steroid dienone is 3. The second-order valence-electron chi connectivity index (χ2n) is 5.57. The lowest BCUT2D eigenvalue weighted by atomic mass is 9.95. The van der Waals surface area contributed by atoms with Crippen LogP contribution in [0.5, 0.6) is 0 Å². The number of benzene rings is 1. The van der Waals surface area contributed by atoms with Crippen molar-refractivity contribution in [1.29, 1.82) is 0 Å². The third-order valence-corrected chi connectivity index (χ3v) is 3.46. The van der Waals surface area contributed by atoms with E-state index in [1.54, 1.807) is 6.08 Å². The summed E-state index contributed by atoms with van der Waals surface area (Å²) in [6.45, 7) is 5.71. The van der Waals surface area contributed by atoms with Crippen molar-refractivity contribution in [1.82, 2.24) is 0 Å². The van der Waals surface area contributed by atoms with E-state index in [0.717, 1.165) is 5.56 Å². The molecule has 0 saturated carbocycles. The highest BCUT2D eigenvalue weighted by molar-refractivity contribution is 6.25. The molecule has 0 radical (unpaired) electrons. The van der Waals surface area contributed by atoms with Crippen LogP contribution in [0.25, 0.3) is 6.08 Å². The summed E-state index contributed by atoms with van der Waals surface area (Å²) >= 11 is 0. The number of rotatable bonds is 4.